The minimum Gasteiger partial charge on any atom is -0.457 e. The first-order chi connectivity index (χ1) is 11.8. The number of alkyl halides is 3. The summed E-state index contributed by atoms with van der Waals surface area (Å²) in [7, 11) is 0. The predicted molar refractivity (Wildman–Crippen MR) is 86.5 cm³/mol. The van der Waals surface area contributed by atoms with Crippen molar-refractivity contribution in [3.63, 3.8) is 0 Å². The number of imidazole rings is 1. The van der Waals surface area contributed by atoms with E-state index in [1.165, 1.54) is 18.5 Å². The van der Waals surface area contributed by atoms with Gasteiger partial charge < -0.3 is 15.0 Å². The smallest absolute Gasteiger partial charge is 0.390 e. The summed E-state index contributed by atoms with van der Waals surface area (Å²) >= 11 is 0. The Kier molecular flexibility index (Phi) is 4.52. The lowest BCUT2D eigenvalue weighted by Gasteiger charge is -2.13. The number of rotatable bonds is 5. The number of aromatic amines is 1. The average Bonchev–Trinajstić information content (AvgIpc) is 2.98. The molecule has 0 amide bonds. The van der Waals surface area contributed by atoms with Crippen molar-refractivity contribution in [3.05, 3.63) is 48.0 Å². The van der Waals surface area contributed by atoms with Crippen LogP contribution < -0.4 is 10.1 Å². The number of nitrogens with zero attached hydrogens (tertiary/aromatic N) is 1. The molecular weight excluding hydrogens is 338 g/mol. The van der Waals surface area contributed by atoms with Gasteiger partial charge in [0, 0.05) is 24.7 Å². The number of fused-ring (bicyclic) bond motifs is 1. The second kappa shape index (κ2) is 6.62. The minimum absolute atomic E-state index is 0.284. The van der Waals surface area contributed by atoms with Crippen molar-refractivity contribution in [3.8, 4) is 11.5 Å². The molecule has 0 saturated carbocycles. The molecule has 4 nitrogen and oxygen atoms in total. The Morgan fingerprint density at radius 2 is 2.00 bits per heavy atom. The van der Waals surface area contributed by atoms with E-state index >= 15 is 0 Å². The lowest BCUT2D eigenvalue weighted by atomic mass is 10.2. The van der Waals surface area contributed by atoms with Crippen LogP contribution in [0.1, 0.15) is 12.0 Å². The van der Waals surface area contributed by atoms with Crippen molar-refractivity contribution < 1.29 is 22.3 Å². The third-order valence-corrected chi connectivity index (χ3v) is 3.60. The van der Waals surface area contributed by atoms with Crippen molar-refractivity contribution in [2.45, 2.75) is 19.5 Å². The summed E-state index contributed by atoms with van der Waals surface area (Å²) in [5.74, 6) is 0.256. The minimum atomic E-state index is -4.25. The number of halogens is 4. The number of hydrogen-bond donors (Lipinski definition) is 2. The third kappa shape index (κ3) is 4.20. The van der Waals surface area contributed by atoms with Gasteiger partial charge >= 0.3 is 6.18 Å². The molecule has 8 heteroatoms. The van der Waals surface area contributed by atoms with Crippen LogP contribution in [0.25, 0.3) is 11.0 Å². The summed E-state index contributed by atoms with van der Waals surface area (Å²) in [6, 6.07) is 7.36. The van der Waals surface area contributed by atoms with E-state index in [2.05, 4.69) is 15.3 Å². The van der Waals surface area contributed by atoms with Gasteiger partial charge in [-0.15, -0.1) is 0 Å². The van der Waals surface area contributed by atoms with Crippen LogP contribution in [-0.4, -0.2) is 22.7 Å². The van der Waals surface area contributed by atoms with E-state index in [0.717, 1.165) is 5.56 Å². The number of H-pyrrole nitrogens is 1. The van der Waals surface area contributed by atoms with Crippen molar-refractivity contribution in [1.29, 1.82) is 0 Å². The van der Waals surface area contributed by atoms with Gasteiger partial charge in [0.15, 0.2) is 0 Å². The number of benzene rings is 2. The van der Waals surface area contributed by atoms with Gasteiger partial charge in [0.05, 0.1) is 24.0 Å². The highest BCUT2D eigenvalue weighted by Gasteiger charge is 2.26. The number of ether oxygens (including phenoxy) is 1. The molecule has 0 aliphatic carbocycles. The molecule has 1 heterocycles. The fraction of sp³-hybridized carbons (Fsp3) is 0.235. The monoisotopic (exact) mass is 353 g/mol. The normalized spacial score (nSPS) is 11.7. The highest BCUT2D eigenvalue weighted by atomic mass is 19.4. The molecule has 3 rings (SSSR count). The first-order valence-electron chi connectivity index (χ1n) is 7.53. The van der Waals surface area contributed by atoms with Gasteiger partial charge in [-0.3, -0.25) is 0 Å². The molecule has 0 bridgehead atoms. The molecule has 0 saturated heterocycles. The SMILES string of the molecule is Cc1ccc(F)cc1Oc1cc(NCCC(F)(F)F)c2nc[nH]c2c1. The highest BCUT2D eigenvalue weighted by molar-refractivity contribution is 5.89. The first-order valence-corrected chi connectivity index (χ1v) is 7.53. The molecule has 2 aromatic carbocycles. The van der Waals surface area contributed by atoms with E-state index < -0.39 is 18.4 Å². The molecule has 25 heavy (non-hydrogen) atoms. The lowest BCUT2D eigenvalue weighted by Crippen LogP contribution is -2.14. The molecular formula is C17H15F4N3O. The lowest BCUT2D eigenvalue weighted by molar-refractivity contribution is -0.131. The van der Waals surface area contributed by atoms with Gasteiger partial charge in [-0.25, -0.2) is 9.37 Å². The largest absolute Gasteiger partial charge is 0.457 e. The van der Waals surface area contributed by atoms with Crippen LogP contribution in [0.2, 0.25) is 0 Å². The molecule has 0 spiro atoms. The Balaban J connectivity index is 1.87. The number of hydrogen-bond acceptors (Lipinski definition) is 3. The topological polar surface area (TPSA) is 49.9 Å². The summed E-state index contributed by atoms with van der Waals surface area (Å²) in [4.78, 5) is 6.99. The Morgan fingerprint density at radius 1 is 1.20 bits per heavy atom. The molecule has 1 aromatic heterocycles. The molecule has 0 aliphatic rings. The Labute approximate surface area is 140 Å². The third-order valence-electron chi connectivity index (χ3n) is 3.60. The molecule has 0 radical (unpaired) electrons. The van der Waals surface area contributed by atoms with E-state index in [1.54, 1.807) is 25.1 Å². The maximum Gasteiger partial charge on any atom is 0.390 e. The summed E-state index contributed by atoms with van der Waals surface area (Å²) in [5.41, 5.74) is 2.25. The van der Waals surface area contributed by atoms with E-state index in [1.807, 2.05) is 0 Å². The van der Waals surface area contributed by atoms with Gasteiger partial charge in [-0.2, -0.15) is 13.2 Å². The Hall–Kier alpha value is -2.77. The van der Waals surface area contributed by atoms with Crippen LogP contribution in [0.5, 0.6) is 11.5 Å². The van der Waals surface area contributed by atoms with E-state index in [-0.39, 0.29) is 6.54 Å². The van der Waals surface area contributed by atoms with Crippen LogP contribution >= 0.6 is 0 Å². The quantitative estimate of drug-likeness (QED) is 0.623. The predicted octanol–water partition coefficient (Wildman–Crippen LogP) is 5.17. The molecule has 0 atom stereocenters. The number of aromatic nitrogens is 2. The zero-order valence-electron chi connectivity index (χ0n) is 13.2. The zero-order valence-corrected chi connectivity index (χ0v) is 13.2. The van der Waals surface area contributed by atoms with Crippen molar-refractivity contribution in [2.24, 2.45) is 0 Å². The van der Waals surface area contributed by atoms with E-state index in [0.29, 0.717) is 28.2 Å². The van der Waals surface area contributed by atoms with Crippen molar-refractivity contribution in [2.75, 3.05) is 11.9 Å². The number of anilines is 1. The second-order valence-electron chi connectivity index (χ2n) is 5.57. The standard InChI is InChI=1S/C17H15F4N3O/c1-10-2-3-11(18)6-15(10)25-12-7-13(22-5-4-17(19,20)21)16-14(8-12)23-9-24-16/h2-3,6-9,22H,4-5H2,1H3,(H,23,24). The van der Waals surface area contributed by atoms with Crippen molar-refractivity contribution >= 4 is 16.7 Å². The Bertz CT molecular complexity index is 889. The number of nitrogens with one attached hydrogen (secondary N) is 2. The van der Waals surface area contributed by atoms with E-state index in [9.17, 15) is 17.6 Å². The van der Waals surface area contributed by atoms with Crippen LogP contribution in [0.4, 0.5) is 23.2 Å². The van der Waals surface area contributed by atoms with Crippen LogP contribution in [-0.2, 0) is 0 Å². The molecule has 0 unspecified atom stereocenters. The summed E-state index contributed by atoms with van der Waals surface area (Å²) < 4.78 is 56.1. The zero-order chi connectivity index (χ0) is 18.0. The summed E-state index contributed by atoms with van der Waals surface area (Å²) in [5, 5.41) is 2.73. The van der Waals surface area contributed by atoms with Crippen molar-refractivity contribution in [1.82, 2.24) is 9.97 Å². The first kappa shape index (κ1) is 17.1. The van der Waals surface area contributed by atoms with Gasteiger partial charge in [-0.05, 0) is 18.6 Å². The molecule has 3 aromatic rings. The highest BCUT2D eigenvalue weighted by Crippen LogP contribution is 2.32. The molecule has 2 N–H and O–H groups in total. The fourth-order valence-corrected chi connectivity index (χ4v) is 2.37. The maximum atomic E-state index is 13.4. The molecule has 0 fully saturated rings. The van der Waals surface area contributed by atoms with Crippen LogP contribution in [0.15, 0.2) is 36.7 Å². The molecule has 0 aliphatic heterocycles. The summed E-state index contributed by atoms with van der Waals surface area (Å²) in [6.07, 6.45) is -3.77. The second-order valence-corrected chi connectivity index (χ2v) is 5.57. The summed E-state index contributed by atoms with van der Waals surface area (Å²) in [6.45, 7) is 1.49. The maximum absolute atomic E-state index is 13.4. The number of aryl methyl sites for hydroxylation is 1. The fourth-order valence-electron chi connectivity index (χ4n) is 2.37. The van der Waals surface area contributed by atoms with Gasteiger partial charge in [-0.1, -0.05) is 6.07 Å². The van der Waals surface area contributed by atoms with Crippen LogP contribution in [0, 0.1) is 12.7 Å². The van der Waals surface area contributed by atoms with Gasteiger partial charge in [0.25, 0.3) is 0 Å². The van der Waals surface area contributed by atoms with Gasteiger partial charge in [0.1, 0.15) is 22.8 Å². The Morgan fingerprint density at radius 3 is 2.76 bits per heavy atom. The average molecular weight is 353 g/mol. The molecule has 132 valence electrons. The van der Waals surface area contributed by atoms with Gasteiger partial charge in [0.2, 0.25) is 0 Å². The van der Waals surface area contributed by atoms with E-state index in [4.69, 9.17) is 4.74 Å². The van der Waals surface area contributed by atoms with Crippen LogP contribution in [0.3, 0.4) is 0 Å².